The summed E-state index contributed by atoms with van der Waals surface area (Å²) < 4.78 is 4.25. The second-order valence-electron chi connectivity index (χ2n) is 3.92. The minimum Gasteiger partial charge on any atom is -0.388 e. The molecule has 0 saturated carbocycles. The number of hydrogen-bond donors (Lipinski definition) is 0. The predicted molar refractivity (Wildman–Crippen MR) is 97.9 cm³/mol. The van der Waals surface area contributed by atoms with Crippen molar-refractivity contribution in [2.24, 2.45) is 0 Å². The Hall–Kier alpha value is -1.60. The monoisotopic (exact) mass is 290 g/mol. The first-order valence-corrected chi connectivity index (χ1v) is 7.64. The highest BCUT2D eigenvalue weighted by atomic mass is 16.4. The first kappa shape index (κ1) is 24.4. The molecule has 0 aliphatic carbocycles. The maximum atomic E-state index is 4.25. The molecule has 0 heterocycles. The molecule has 0 aromatic heterocycles. The molecular formula is C20H34O. The Morgan fingerprint density at radius 2 is 0.857 bits per heavy atom. The summed E-state index contributed by atoms with van der Waals surface area (Å²) in [4.78, 5) is 0. The number of benzene rings is 2. The van der Waals surface area contributed by atoms with Gasteiger partial charge in [0.2, 0.25) is 0 Å². The summed E-state index contributed by atoms with van der Waals surface area (Å²) in [5.41, 5.74) is 1.32. The van der Waals surface area contributed by atoms with E-state index in [1.165, 1.54) is 12.0 Å². The lowest BCUT2D eigenvalue weighted by molar-refractivity contribution is 0.277. The molecule has 21 heavy (non-hydrogen) atoms. The van der Waals surface area contributed by atoms with Crippen LogP contribution in [-0.4, -0.2) is 14.2 Å². The zero-order valence-electron chi connectivity index (χ0n) is 15.0. The normalized spacial score (nSPS) is 7.19. The molecule has 0 saturated heterocycles. The van der Waals surface area contributed by atoms with E-state index in [0.717, 1.165) is 0 Å². The molecule has 120 valence electrons. The Bertz CT molecular complexity index is 301. The van der Waals surface area contributed by atoms with Gasteiger partial charge in [-0.3, -0.25) is 0 Å². The third-order valence-electron chi connectivity index (χ3n) is 1.61. The third-order valence-corrected chi connectivity index (χ3v) is 1.61. The Morgan fingerprint density at radius 1 is 0.667 bits per heavy atom. The van der Waals surface area contributed by atoms with E-state index in [0.29, 0.717) is 0 Å². The zero-order chi connectivity index (χ0) is 16.8. The van der Waals surface area contributed by atoms with Crippen LogP contribution in [0.1, 0.15) is 39.7 Å². The van der Waals surface area contributed by atoms with Crippen molar-refractivity contribution in [3.63, 3.8) is 0 Å². The highest BCUT2D eigenvalue weighted by Gasteiger charge is 1.72. The molecular weight excluding hydrogens is 256 g/mol. The third kappa shape index (κ3) is 32.2. The molecule has 0 atom stereocenters. The van der Waals surface area contributed by atoms with Gasteiger partial charge in [0.1, 0.15) is 0 Å². The van der Waals surface area contributed by atoms with E-state index in [-0.39, 0.29) is 0 Å². The van der Waals surface area contributed by atoms with Crippen LogP contribution in [-0.2, 0) is 4.74 Å². The second kappa shape index (κ2) is 26.9. The van der Waals surface area contributed by atoms with Gasteiger partial charge < -0.3 is 4.74 Å². The van der Waals surface area contributed by atoms with Gasteiger partial charge in [0.15, 0.2) is 0 Å². The first-order chi connectivity index (χ1) is 10.2. The van der Waals surface area contributed by atoms with Crippen LogP contribution in [0.15, 0.2) is 66.7 Å². The van der Waals surface area contributed by atoms with E-state index in [9.17, 15) is 0 Å². The lowest BCUT2D eigenvalue weighted by Crippen LogP contribution is -1.62. The van der Waals surface area contributed by atoms with E-state index in [4.69, 9.17) is 0 Å². The van der Waals surface area contributed by atoms with Crippen LogP contribution in [0.2, 0.25) is 0 Å². The summed E-state index contributed by atoms with van der Waals surface area (Å²) >= 11 is 0. The Labute approximate surface area is 133 Å². The number of aryl methyl sites for hydroxylation is 1. The molecule has 1 nitrogen and oxygen atoms in total. The van der Waals surface area contributed by atoms with Gasteiger partial charge in [0, 0.05) is 14.2 Å². The minimum absolute atomic E-state index is 1.25. The van der Waals surface area contributed by atoms with Crippen LogP contribution in [0.5, 0.6) is 0 Å². The number of hydrogen-bond acceptors (Lipinski definition) is 1. The minimum atomic E-state index is 1.25. The quantitative estimate of drug-likeness (QED) is 0.546. The van der Waals surface area contributed by atoms with Crippen LogP contribution < -0.4 is 0 Å². The molecule has 2 rings (SSSR count). The molecule has 0 N–H and O–H groups in total. The van der Waals surface area contributed by atoms with Crippen molar-refractivity contribution < 1.29 is 4.74 Å². The van der Waals surface area contributed by atoms with Crippen molar-refractivity contribution in [3.8, 4) is 0 Å². The van der Waals surface area contributed by atoms with E-state index in [1.807, 2.05) is 68.4 Å². The fourth-order valence-corrected chi connectivity index (χ4v) is 0.919. The summed E-state index contributed by atoms with van der Waals surface area (Å²) in [6.45, 7) is 10.3. The van der Waals surface area contributed by atoms with Gasteiger partial charge >= 0.3 is 0 Å². The van der Waals surface area contributed by atoms with Crippen LogP contribution in [0.4, 0.5) is 0 Å². The molecule has 0 unspecified atom stereocenters. The zero-order valence-corrected chi connectivity index (χ0v) is 15.0. The maximum Gasteiger partial charge on any atom is 0.0351 e. The van der Waals surface area contributed by atoms with Crippen molar-refractivity contribution in [2.45, 2.75) is 41.0 Å². The van der Waals surface area contributed by atoms with Crippen molar-refractivity contribution in [1.82, 2.24) is 0 Å². The Balaban J connectivity index is -0.000000211. The second-order valence-corrected chi connectivity index (χ2v) is 3.92. The lowest BCUT2D eigenvalue weighted by atomic mass is 10.2. The van der Waals surface area contributed by atoms with E-state index in [2.05, 4.69) is 37.6 Å². The summed E-state index contributed by atoms with van der Waals surface area (Å²) in [6, 6.07) is 22.3. The van der Waals surface area contributed by atoms with Gasteiger partial charge in [-0.2, -0.15) is 0 Å². The average molecular weight is 290 g/mol. The molecule has 0 bridgehead atoms. The van der Waals surface area contributed by atoms with Crippen LogP contribution >= 0.6 is 0 Å². The van der Waals surface area contributed by atoms with Gasteiger partial charge in [0.25, 0.3) is 0 Å². The summed E-state index contributed by atoms with van der Waals surface area (Å²) in [6.07, 6.45) is 1.25. The molecule has 2 aromatic carbocycles. The number of rotatable bonds is 0. The first-order valence-electron chi connectivity index (χ1n) is 7.64. The molecule has 0 fully saturated rings. The maximum absolute atomic E-state index is 4.25. The van der Waals surface area contributed by atoms with Crippen LogP contribution in [0.25, 0.3) is 0 Å². The molecule has 0 aliphatic heterocycles. The van der Waals surface area contributed by atoms with Crippen molar-refractivity contribution >= 4 is 0 Å². The van der Waals surface area contributed by atoms with Gasteiger partial charge in [-0.15, -0.1) is 0 Å². The van der Waals surface area contributed by atoms with E-state index in [1.54, 1.807) is 14.2 Å². The Morgan fingerprint density at radius 3 is 1.00 bits per heavy atom. The number of methoxy groups -OCH3 is 1. The molecule has 0 aliphatic rings. The number of ether oxygens (including phenoxy) is 1. The SMILES string of the molecule is CC.CCC.COC.Cc1ccccc1.c1ccccc1. The predicted octanol–water partition coefficient (Wildman–Crippen LogP) is 6.39. The van der Waals surface area contributed by atoms with Crippen molar-refractivity contribution in [2.75, 3.05) is 14.2 Å². The Kier molecular flexibility index (Phi) is 31.2. The standard InChI is InChI=1S/C7H8.C6H6.C3H8.C2H6O.C2H6/c1-7-5-3-2-4-6-7;1-2-4-6-5-3-1;2*1-3-2;1-2/h2-6H,1H3;1-6H;3H2,1-2H3;1-2H3;1-2H3. The molecule has 0 radical (unpaired) electrons. The van der Waals surface area contributed by atoms with E-state index >= 15 is 0 Å². The average Bonchev–Trinajstić information content (AvgIpc) is 2.54. The molecule has 0 amide bonds. The van der Waals surface area contributed by atoms with Gasteiger partial charge in [-0.25, -0.2) is 0 Å². The van der Waals surface area contributed by atoms with Crippen LogP contribution in [0.3, 0.4) is 0 Å². The highest BCUT2D eigenvalue weighted by molar-refractivity contribution is 5.11. The molecule has 0 spiro atoms. The summed E-state index contributed by atoms with van der Waals surface area (Å²) in [5.74, 6) is 0. The fraction of sp³-hybridized carbons (Fsp3) is 0.400. The summed E-state index contributed by atoms with van der Waals surface area (Å²) in [5, 5.41) is 0. The van der Waals surface area contributed by atoms with E-state index < -0.39 is 0 Å². The molecule has 1 heteroatoms. The fourth-order valence-electron chi connectivity index (χ4n) is 0.919. The molecule has 2 aromatic rings. The lowest BCUT2D eigenvalue weighted by Gasteiger charge is -1.82. The largest absolute Gasteiger partial charge is 0.388 e. The van der Waals surface area contributed by atoms with Gasteiger partial charge in [-0.05, 0) is 6.92 Å². The van der Waals surface area contributed by atoms with Gasteiger partial charge in [0.05, 0.1) is 0 Å². The summed E-state index contributed by atoms with van der Waals surface area (Å²) in [7, 11) is 3.25. The smallest absolute Gasteiger partial charge is 0.0351 e. The van der Waals surface area contributed by atoms with Crippen LogP contribution in [0, 0.1) is 6.92 Å². The van der Waals surface area contributed by atoms with Crippen molar-refractivity contribution in [3.05, 3.63) is 72.3 Å². The highest BCUT2D eigenvalue weighted by Crippen LogP contribution is 1.92. The topological polar surface area (TPSA) is 9.23 Å². The van der Waals surface area contributed by atoms with Crippen molar-refractivity contribution in [1.29, 1.82) is 0 Å². The van der Waals surface area contributed by atoms with Gasteiger partial charge in [-0.1, -0.05) is 106 Å².